The molecule has 1 saturated heterocycles. The first-order chi connectivity index (χ1) is 9.90. The van der Waals surface area contributed by atoms with Gasteiger partial charge in [-0.1, -0.05) is 24.3 Å². The number of nitrogens with zero attached hydrogens (tertiary/aromatic N) is 1. The number of piperidine rings is 1. The number of hydrogen-bond acceptors (Lipinski definition) is 3. The maximum Gasteiger partial charge on any atom is 0.410 e. The molecule has 1 aromatic rings. The molecule has 21 heavy (non-hydrogen) atoms. The number of benzene rings is 1. The quantitative estimate of drug-likeness (QED) is 0.909. The Labute approximate surface area is 126 Å². The highest BCUT2D eigenvalue weighted by atomic mass is 16.6. The van der Waals surface area contributed by atoms with E-state index in [2.05, 4.69) is 6.07 Å². The Bertz CT molecular complexity index is 493. The minimum absolute atomic E-state index is 0.0408. The number of aliphatic hydroxyl groups excluding tert-OH is 1. The molecular weight excluding hydrogens is 266 g/mol. The Morgan fingerprint density at radius 3 is 2.76 bits per heavy atom. The highest BCUT2D eigenvalue weighted by Gasteiger charge is 2.29. The van der Waals surface area contributed by atoms with E-state index in [0.29, 0.717) is 6.54 Å². The lowest BCUT2D eigenvalue weighted by Gasteiger charge is -2.34. The van der Waals surface area contributed by atoms with Crippen LogP contribution in [-0.4, -0.2) is 34.8 Å². The van der Waals surface area contributed by atoms with E-state index in [4.69, 9.17) is 4.74 Å². The Balaban J connectivity index is 2.09. The van der Waals surface area contributed by atoms with Crippen molar-refractivity contribution in [1.82, 2.24) is 4.90 Å². The normalized spacial score (nSPS) is 19.4. The van der Waals surface area contributed by atoms with Gasteiger partial charge in [0.1, 0.15) is 5.60 Å². The van der Waals surface area contributed by atoms with Gasteiger partial charge in [-0.2, -0.15) is 0 Å². The van der Waals surface area contributed by atoms with E-state index < -0.39 is 5.60 Å². The molecule has 2 rings (SSSR count). The van der Waals surface area contributed by atoms with E-state index in [1.54, 1.807) is 4.90 Å². The van der Waals surface area contributed by atoms with E-state index in [0.717, 1.165) is 30.5 Å². The van der Waals surface area contributed by atoms with Crippen molar-refractivity contribution in [1.29, 1.82) is 0 Å². The van der Waals surface area contributed by atoms with Gasteiger partial charge < -0.3 is 14.7 Å². The van der Waals surface area contributed by atoms with Crippen LogP contribution in [0.3, 0.4) is 0 Å². The van der Waals surface area contributed by atoms with Crippen LogP contribution in [0.5, 0.6) is 0 Å². The van der Waals surface area contributed by atoms with Crippen molar-refractivity contribution in [3.63, 3.8) is 0 Å². The zero-order chi connectivity index (χ0) is 15.5. The van der Waals surface area contributed by atoms with Gasteiger partial charge in [0.2, 0.25) is 0 Å². The summed E-state index contributed by atoms with van der Waals surface area (Å²) in [5.74, 6) is 0.273. The molecule has 1 aliphatic rings. The molecular formula is C17H25NO3. The lowest BCUT2D eigenvalue weighted by molar-refractivity contribution is 0.0198. The summed E-state index contributed by atoms with van der Waals surface area (Å²) in [7, 11) is 0. The maximum absolute atomic E-state index is 12.2. The molecule has 4 heteroatoms. The number of ether oxygens (including phenoxy) is 1. The second-order valence-corrected chi connectivity index (χ2v) is 6.62. The summed E-state index contributed by atoms with van der Waals surface area (Å²) in [5.41, 5.74) is 1.63. The Morgan fingerprint density at radius 1 is 1.38 bits per heavy atom. The Morgan fingerprint density at radius 2 is 2.10 bits per heavy atom. The predicted molar refractivity (Wildman–Crippen MR) is 82.1 cm³/mol. The first kappa shape index (κ1) is 15.8. The fourth-order valence-electron chi connectivity index (χ4n) is 2.80. The zero-order valence-corrected chi connectivity index (χ0v) is 13.1. The van der Waals surface area contributed by atoms with Crippen molar-refractivity contribution in [3.05, 3.63) is 35.4 Å². The smallest absolute Gasteiger partial charge is 0.410 e. The maximum atomic E-state index is 12.2. The first-order valence-electron chi connectivity index (χ1n) is 7.57. The summed E-state index contributed by atoms with van der Waals surface area (Å²) >= 11 is 0. The monoisotopic (exact) mass is 291 g/mol. The molecule has 4 nitrogen and oxygen atoms in total. The van der Waals surface area contributed by atoms with Gasteiger partial charge in [-0.3, -0.25) is 0 Å². The third-order valence-electron chi connectivity index (χ3n) is 3.74. The summed E-state index contributed by atoms with van der Waals surface area (Å²) in [5, 5.41) is 9.47. The molecule has 0 radical (unpaired) electrons. The minimum Gasteiger partial charge on any atom is -0.444 e. The molecule has 1 fully saturated rings. The van der Waals surface area contributed by atoms with E-state index in [-0.39, 0.29) is 18.6 Å². The van der Waals surface area contributed by atoms with Gasteiger partial charge in [-0.05, 0) is 44.7 Å². The number of carbonyl (C=O) groups excluding carboxylic acids is 1. The first-order valence-corrected chi connectivity index (χ1v) is 7.57. The lowest BCUT2D eigenvalue weighted by Crippen LogP contribution is -2.42. The van der Waals surface area contributed by atoms with E-state index in [1.807, 2.05) is 39.0 Å². The van der Waals surface area contributed by atoms with Crippen LogP contribution in [0.2, 0.25) is 0 Å². The third-order valence-corrected chi connectivity index (χ3v) is 3.74. The van der Waals surface area contributed by atoms with Crippen LogP contribution in [0.15, 0.2) is 24.3 Å². The minimum atomic E-state index is -0.465. The van der Waals surface area contributed by atoms with Crippen LogP contribution in [0.1, 0.15) is 50.7 Å². The topological polar surface area (TPSA) is 49.8 Å². The van der Waals surface area contributed by atoms with Crippen molar-refractivity contribution in [2.45, 2.75) is 51.7 Å². The molecule has 1 unspecified atom stereocenters. The van der Waals surface area contributed by atoms with Gasteiger partial charge in [-0.25, -0.2) is 4.79 Å². The van der Waals surface area contributed by atoms with Crippen LogP contribution < -0.4 is 0 Å². The fourth-order valence-corrected chi connectivity index (χ4v) is 2.80. The summed E-state index contributed by atoms with van der Waals surface area (Å²) < 4.78 is 5.46. The molecule has 0 aliphatic carbocycles. The fraction of sp³-hybridized carbons (Fsp3) is 0.588. The number of amides is 1. The Hall–Kier alpha value is -1.55. The molecule has 0 spiro atoms. The van der Waals surface area contributed by atoms with Gasteiger partial charge in [-0.15, -0.1) is 0 Å². The molecule has 1 amide bonds. The average Bonchev–Trinajstić information content (AvgIpc) is 2.45. The van der Waals surface area contributed by atoms with Crippen molar-refractivity contribution in [3.8, 4) is 0 Å². The van der Waals surface area contributed by atoms with Crippen molar-refractivity contribution in [2.24, 2.45) is 0 Å². The van der Waals surface area contributed by atoms with Gasteiger partial charge in [0.25, 0.3) is 0 Å². The summed E-state index contributed by atoms with van der Waals surface area (Å²) in [4.78, 5) is 14.0. The Kier molecular flexibility index (Phi) is 4.88. The van der Waals surface area contributed by atoms with Crippen molar-refractivity contribution >= 4 is 6.09 Å². The molecule has 1 aromatic carbocycles. The van der Waals surface area contributed by atoms with Crippen LogP contribution in [-0.2, 0) is 11.3 Å². The molecule has 1 heterocycles. The van der Waals surface area contributed by atoms with Gasteiger partial charge >= 0.3 is 6.09 Å². The van der Waals surface area contributed by atoms with E-state index in [1.165, 1.54) is 0 Å². The number of hydrogen-bond donors (Lipinski definition) is 1. The number of carbonyl (C=O) groups is 1. The van der Waals surface area contributed by atoms with Crippen LogP contribution >= 0.6 is 0 Å². The summed E-state index contributed by atoms with van der Waals surface area (Å²) in [6, 6.07) is 7.92. The van der Waals surface area contributed by atoms with Crippen LogP contribution in [0.25, 0.3) is 0 Å². The highest BCUT2D eigenvalue weighted by molar-refractivity contribution is 5.68. The average molecular weight is 291 g/mol. The molecule has 0 bridgehead atoms. The number of aliphatic hydroxyl groups is 1. The molecule has 1 atom stereocenters. The molecule has 1 N–H and O–H groups in total. The second kappa shape index (κ2) is 6.48. The molecule has 0 saturated carbocycles. The molecule has 116 valence electrons. The van der Waals surface area contributed by atoms with Crippen LogP contribution in [0.4, 0.5) is 4.79 Å². The second-order valence-electron chi connectivity index (χ2n) is 6.62. The zero-order valence-electron chi connectivity index (χ0n) is 13.1. The van der Waals surface area contributed by atoms with Crippen molar-refractivity contribution < 1.29 is 14.6 Å². The summed E-state index contributed by atoms with van der Waals surface area (Å²) in [6.07, 6.45) is 1.76. The van der Waals surface area contributed by atoms with E-state index in [9.17, 15) is 9.90 Å². The molecule has 1 aliphatic heterocycles. The summed E-state index contributed by atoms with van der Waals surface area (Å²) in [6.45, 7) is 7.09. The van der Waals surface area contributed by atoms with Gasteiger partial charge in [0, 0.05) is 19.0 Å². The van der Waals surface area contributed by atoms with E-state index >= 15 is 0 Å². The third kappa shape index (κ3) is 4.21. The van der Waals surface area contributed by atoms with Crippen LogP contribution in [0, 0.1) is 0 Å². The number of likely N-dealkylation sites (tertiary alicyclic amines) is 1. The standard InChI is InChI=1S/C17H25NO3/c1-17(2,3)21-16(20)18-10-6-8-13(11-18)15-9-5-4-7-14(15)12-19/h4-5,7,9,13,19H,6,8,10-12H2,1-3H3. The van der Waals surface area contributed by atoms with Crippen molar-refractivity contribution in [2.75, 3.05) is 13.1 Å². The lowest BCUT2D eigenvalue weighted by atomic mass is 9.88. The molecule has 0 aromatic heterocycles. The largest absolute Gasteiger partial charge is 0.444 e. The van der Waals surface area contributed by atoms with Gasteiger partial charge in [0.15, 0.2) is 0 Å². The SMILES string of the molecule is CC(C)(C)OC(=O)N1CCCC(c2ccccc2CO)C1. The predicted octanol–water partition coefficient (Wildman–Crippen LogP) is 3.29. The number of rotatable bonds is 2. The highest BCUT2D eigenvalue weighted by Crippen LogP contribution is 2.30. The van der Waals surface area contributed by atoms with Gasteiger partial charge in [0.05, 0.1) is 6.61 Å².